The van der Waals surface area contributed by atoms with Crippen LogP contribution in [-0.2, 0) is 18.4 Å². The lowest BCUT2D eigenvalue weighted by Crippen LogP contribution is -2.39. The Morgan fingerprint density at radius 3 is 2.66 bits per heavy atom. The van der Waals surface area contributed by atoms with Crippen molar-refractivity contribution in [3.8, 4) is 0 Å². The largest absolute Gasteiger partial charge is 0.357 e. The van der Waals surface area contributed by atoms with E-state index in [0.717, 1.165) is 57.1 Å². The van der Waals surface area contributed by atoms with Crippen LogP contribution in [0.3, 0.4) is 0 Å². The molecule has 1 aliphatic heterocycles. The zero-order chi connectivity index (χ0) is 20.7. The molecule has 1 aliphatic rings. The Morgan fingerprint density at radius 2 is 2.10 bits per heavy atom. The van der Waals surface area contributed by atoms with E-state index < -0.39 is 0 Å². The van der Waals surface area contributed by atoms with Gasteiger partial charge in [0, 0.05) is 64.5 Å². The Morgan fingerprint density at radius 1 is 1.38 bits per heavy atom. The average Bonchev–Trinajstić information content (AvgIpc) is 3.23. The van der Waals surface area contributed by atoms with E-state index in [1.807, 2.05) is 11.7 Å². The molecule has 1 atom stereocenters. The van der Waals surface area contributed by atoms with Crippen LogP contribution in [0.2, 0.25) is 0 Å². The molecule has 1 unspecified atom stereocenters. The first kappa shape index (κ1) is 25.7. The zero-order valence-electron chi connectivity index (χ0n) is 18.9. The third-order valence-corrected chi connectivity index (χ3v) is 5.33. The summed E-state index contributed by atoms with van der Waals surface area (Å²) in [4.78, 5) is 21.1. The van der Waals surface area contributed by atoms with Gasteiger partial charge in [-0.05, 0) is 32.1 Å². The van der Waals surface area contributed by atoms with E-state index in [1.54, 1.807) is 0 Å². The van der Waals surface area contributed by atoms with Gasteiger partial charge in [-0.25, -0.2) is 0 Å². The summed E-state index contributed by atoms with van der Waals surface area (Å²) in [6.07, 6.45) is 5.69. The summed E-state index contributed by atoms with van der Waals surface area (Å²) in [5.74, 6) is 1.61. The van der Waals surface area contributed by atoms with Gasteiger partial charge in [0.15, 0.2) is 5.96 Å². The molecule has 2 heterocycles. The van der Waals surface area contributed by atoms with Gasteiger partial charge in [-0.15, -0.1) is 24.0 Å². The van der Waals surface area contributed by atoms with Crippen LogP contribution >= 0.6 is 24.0 Å². The minimum absolute atomic E-state index is 0. The average molecular weight is 518 g/mol. The molecule has 0 bridgehead atoms. The summed E-state index contributed by atoms with van der Waals surface area (Å²) in [5, 5.41) is 8.00. The van der Waals surface area contributed by atoms with Crippen molar-refractivity contribution in [2.75, 3.05) is 26.7 Å². The van der Waals surface area contributed by atoms with Crippen molar-refractivity contribution in [2.45, 2.75) is 71.9 Å². The van der Waals surface area contributed by atoms with Gasteiger partial charge in [0.05, 0.1) is 5.69 Å². The maximum atomic E-state index is 12.0. The first-order valence-electron chi connectivity index (χ1n) is 10.7. The molecule has 1 aromatic rings. The number of halogens is 1. The van der Waals surface area contributed by atoms with E-state index in [0.29, 0.717) is 24.3 Å². The summed E-state index contributed by atoms with van der Waals surface area (Å²) in [6, 6.07) is 0.304. The normalized spacial score (nSPS) is 15.6. The summed E-state index contributed by atoms with van der Waals surface area (Å²) in [7, 11) is 4.04. The highest BCUT2D eigenvalue weighted by molar-refractivity contribution is 14.0. The number of hydrogen-bond donors (Lipinski definition) is 1. The van der Waals surface area contributed by atoms with Crippen LogP contribution in [0, 0.1) is 0 Å². The number of nitrogens with zero attached hydrogens (tertiary/aromatic N) is 5. The van der Waals surface area contributed by atoms with Crippen LogP contribution in [0.5, 0.6) is 0 Å². The predicted octanol–water partition coefficient (Wildman–Crippen LogP) is 3.35. The third kappa shape index (κ3) is 7.15. The lowest BCUT2D eigenvalue weighted by molar-refractivity contribution is -0.129. The van der Waals surface area contributed by atoms with Crippen molar-refractivity contribution < 1.29 is 4.79 Å². The van der Waals surface area contributed by atoms with E-state index in [4.69, 9.17) is 4.99 Å². The van der Waals surface area contributed by atoms with Gasteiger partial charge < -0.3 is 15.1 Å². The number of likely N-dealkylation sites (tertiary alicyclic amines) is 1. The van der Waals surface area contributed by atoms with Crippen molar-refractivity contribution in [1.29, 1.82) is 0 Å². The summed E-state index contributed by atoms with van der Waals surface area (Å²) < 4.78 is 1.89. The fourth-order valence-electron chi connectivity index (χ4n) is 3.92. The summed E-state index contributed by atoms with van der Waals surface area (Å²) in [5.41, 5.74) is 2.38. The molecule has 1 fully saturated rings. The van der Waals surface area contributed by atoms with Crippen LogP contribution in [0.15, 0.2) is 11.2 Å². The number of amides is 1. The number of nitrogens with one attached hydrogen (secondary N) is 1. The molecule has 1 amide bonds. The molecule has 166 valence electrons. The van der Waals surface area contributed by atoms with E-state index in [-0.39, 0.29) is 24.0 Å². The first-order chi connectivity index (χ1) is 13.4. The number of aromatic nitrogens is 2. The maximum Gasteiger partial charge on any atom is 0.222 e. The number of aryl methyl sites for hydroxylation is 1. The molecule has 2 rings (SSSR count). The highest BCUT2D eigenvalue weighted by atomic mass is 127. The Balaban J connectivity index is 0.00000420. The number of carbonyl (C=O) groups is 1. The van der Waals surface area contributed by atoms with Gasteiger partial charge in [0.1, 0.15) is 0 Å². The molecule has 29 heavy (non-hydrogen) atoms. The number of hydrogen-bond acceptors (Lipinski definition) is 3. The lowest BCUT2D eigenvalue weighted by atomic mass is 10.1. The zero-order valence-corrected chi connectivity index (χ0v) is 21.3. The van der Waals surface area contributed by atoms with Gasteiger partial charge in [0.25, 0.3) is 0 Å². The second-order valence-electron chi connectivity index (χ2n) is 8.00. The van der Waals surface area contributed by atoms with Gasteiger partial charge in [-0.2, -0.15) is 5.10 Å². The highest BCUT2D eigenvalue weighted by Crippen LogP contribution is 2.19. The predicted molar refractivity (Wildman–Crippen MR) is 130 cm³/mol. The Kier molecular flexibility index (Phi) is 11.0. The Labute approximate surface area is 193 Å². The van der Waals surface area contributed by atoms with Crippen molar-refractivity contribution in [2.24, 2.45) is 12.0 Å². The van der Waals surface area contributed by atoms with Crippen LogP contribution in [0.25, 0.3) is 0 Å². The van der Waals surface area contributed by atoms with E-state index in [2.05, 4.69) is 61.2 Å². The fourth-order valence-corrected chi connectivity index (χ4v) is 3.92. The maximum absolute atomic E-state index is 12.0. The molecule has 7 nitrogen and oxygen atoms in total. The van der Waals surface area contributed by atoms with Gasteiger partial charge in [-0.3, -0.25) is 14.5 Å². The van der Waals surface area contributed by atoms with Crippen LogP contribution < -0.4 is 5.32 Å². The molecule has 0 aromatic carbocycles. The van der Waals surface area contributed by atoms with Crippen LogP contribution in [-0.4, -0.2) is 64.2 Å². The van der Waals surface area contributed by atoms with Crippen molar-refractivity contribution >= 4 is 35.8 Å². The first-order valence-corrected chi connectivity index (χ1v) is 10.7. The standard InChI is InChI=1S/C21H38N6O.HI/c1-7-18(27-13-9-10-19(27)28)11-12-23-21(22-8-2)25(5)14-17-15-26(6)24-20(17)16(3)4;/h15-16,18H,7-14H2,1-6H3,(H,22,23);1H. The Hall–Kier alpha value is -1.32. The highest BCUT2D eigenvalue weighted by Gasteiger charge is 2.26. The minimum atomic E-state index is 0. The molecular weight excluding hydrogens is 479 g/mol. The summed E-state index contributed by atoms with van der Waals surface area (Å²) in [6.45, 7) is 11.8. The molecule has 1 N–H and O–H groups in total. The molecule has 0 saturated carbocycles. The number of aliphatic imine (C=N–C) groups is 1. The lowest BCUT2D eigenvalue weighted by Gasteiger charge is -2.27. The Bertz CT molecular complexity index is 672. The van der Waals surface area contributed by atoms with E-state index in [9.17, 15) is 4.79 Å². The molecule has 1 aromatic heterocycles. The number of carbonyl (C=O) groups excluding carboxylic acids is 1. The minimum Gasteiger partial charge on any atom is -0.357 e. The second-order valence-corrected chi connectivity index (χ2v) is 8.00. The topological polar surface area (TPSA) is 65.8 Å². The number of guanidine groups is 1. The monoisotopic (exact) mass is 518 g/mol. The van der Waals surface area contributed by atoms with Gasteiger partial charge in [-0.1, -0.05) is 20.8 Å². The fraction of sp³-hybridized carbons (Fsp3) is 0.762. The third-order valence-electron chi connectivity index (χ3n) is 5.33. The SMILES string of the molecule is CCNC(=NCCC(CC)N1CCCC1=O)N(C)Cc1cn(C)nc1C(C)C.I. The molecule has 8 heteroatoms. The van der Waals surface area contributed by atoms with E-state index in [1.165, 1.54) is 5.56 Å². The number of rotatable bonds is 9. The van der Waals surface area contributed by atoms with Gasteiger partial charge >= 0.3 is 0 Å². The molecule has 1 saturated heterocycles. The summed E-state index contributed by atoms with van der Waals surface area (Å²) >= 11 is 0. The molecular formula is C21H39IN6O. The molecule has 0 aliphatic carbocycles. The smallest absolute Gasteiger partial charge is 0.222 e. The van der Waals surface area contributed by atoms with Crippen LogP contribution in [0.4, 0.5) is 0 Å². The molecule has 0 radical (unpaired) electrons. The van der Waals surface area contributed by atoms with Crippen molar-refractivity contribution in [3.63, 3.8) is 0 Å². The van der Waals surface area contributed by atoms with E-state index >= 15 is 0 Å². The molecule has 0 spiro atoms. The van der Waals surface area contributed by atoms with Crippen molar-refractivity contribution in [1.82, 2.24) is 24.9 Å². The van der Waals surface area contributed by atoms with Crippen molar-refractivity contribution in [3.05, 3.63) is 17.5 Å². The van der Waals surface area contributed by atoms with Gasteiger partial charge in [0.2, 0.25) is 5.91 Å². The quantitative estimate of drug-likeness (QED) is 0.310. The van der Waals surface area contributed by atoms with Crippen LogP contribution in [0.1, 0.15) is 70.6 Å². The second kappa shape index (κ2) is 12.4.